The lowest BCUT2D eigenvalue weighted by atomic mass is 10.2. The van der Waals surface area contributed by atoms with Crippen molar-refractivity contribution in [2.45, 2.75) is 0 Å². The van der Waals surface area contributed by atoms with E-state index < -0.39 is 5.91 Å². The topological polar surface area (TPSA) is 68.3 Å². The molecule has 0 atom stereocenters. The molecule has 0 aliphatic heterocycles. The molecule has 2 aromatic rings. The Hall–Kier alpha value is -1.33. The number of para-hydroxylation sites is 1. The first-order chi connectivity index (χ1) is 6.74. The summed E-state index contributed by atoms with van der Waals surface area (Å²) >= 11 is 3.28. The van der Waals surface area contributed by atoms with Crippen LogP contribution in [0, 0.1) is 0 Å². The van der Waals surface area contributed by atoms with E-state index in [4.69, 9.17) is 10.3 Å². The van der Waals surface area contributed by atoms with E-state index in [1.807, 2.05) is 23.6 Å². The number of halogens is 1. The first-order valence-corrected chi connectivity index (χ1v) is 4.71. The lowest BCUT2D eigenvalue weighted by Crippen LogP contribution is -2.29. The molecule has 72 valence electrons. The van der Waals surface area contributed by atoms with Gasteiger partial charge in [0.2, 0.25) is 5.76 Å². The quantitative estimate of drug-likeness (QED) is 0.463. The number of rotatable bonds is 1. The molecule has 0 spiro atoms. The summed E-state index contributed by atoms with van der Waals surface area (Å²) in [6, 6.07) is 7.35. The van der Waals surface area contributed by atoms with Gasteiger partial charge < -0.3 is 4.42 Å². The maximum absolute atomic E-state index is 11.2. The highest BCUT2D eigenvalue weighted by molar-refractivity contribution is 9.10. The number of furan rings is 1. The van der Waals surface area contributed by atoms with E-state index in [0.29, 0.717) is 10.1 Å². The molecule has 0 aliphatic carbocycles. The number of hydrogen-bond donors (Lipinski definition) is 2. The number of nitrogens with two attached hydrogens (primary N) is 1. The van der Waals surface area contributed by atoms with Gasteiger partial charge in [0.1, 0.15) is 5.58 Å². The largest absolute Gasteiger partial charge is 0.450 e. The average Bonchev–Trinajstić information content (AvgIpc) is 2.56. The summed E-state index contributed by atoms with van der Waals surface area (Å²) in [5, 5.41) is 0.853. The van der Waals surface area contributed by atoms with Crippen LogP contribution in [0.2, 0.25) is 0 Å². The minimum atomic E-state index is -0.451. The molecule has 2 rings (SSSR count). The molecule has 1 heterocycles. The first kappa shape index (κ1) is 9.23. The van der Waals surface area contributed by atoms with Gasteiger partial charge >= 0.3 is 5.91 Å². The van der Waals surface area contributed by atoms with Crippen LogP contribution < -0.4 is 11.3 Å². The number of nitrogen functional groups attached to an aromatic ring is 1. The Labute approximate surface area is 88.2 Å². The van der Waals surface area contributed by atoms with Crippen LogP contribution >= 0.6 is 15.9 Å². The Morgan fingerprint density at radius 3 is 2.79 bits per heavy atom. The zero-order valence-electron chi connectivity index (χ0n) is 7.08. The minimum Gasteiger partial charge on any atom is -0.450 e. The molecule has 3 N–H and O–H groups in total. The fourth-order valence-electron chi connectivity index (χ4n) is 1.23. The van der Waals surface area contributed by atoms with Gasteiger partial charge in [-0.15, -0.1) is 0 Å². The molecule has 1 aromatic carbocycles. The molecule has 14 heavy (non-hydrogen) atoms. The lowest BCUT2D eigenvalue weighted by Gasteiger charge is -1.93. The second kappa shape index (κ2) is 3.43. The number of carbonyl (C=O) groups is 1. The minimum absolute atomic E-state index is 0.189. The van der Waals surface area contributed by atoms with Crippen LogP contribution in [0.15, 0.2) is 33.2 Å². The molecule has 0 saturated heterocycles. The summed E-state index contributed by atoms with van der Waals surface area (Å²) in [5.74, 6) is 4.75. The number of hydrazine groups is 1. The van der Waals surface area contributed by atoms with E-state index in [1.165, 1.54) is 0 Å². The second-order valence-electron chi connectivity index (χ2n) is 2.71. The van der Waals surface area contributed by atoms with E-state index in [0.717, 1.165) is 5.39 Å². The number of nitrogens with one attached hydrogen (secondary N) is 1. The Morgan fingerprint density at radius 2 is 2.14 bits per heavy atom. The van der Waals surface area contributed by atoms with Gasteiger partial charge in [0, 0.05) is 5.39 Å². The molecule has 1 amide bonds. The predicted molar refractivity (Wildman–Crippen MR) is 55.6 cm³/mol. The van der Waals surface area contributed by atoms with Crippen molar-refractivity contribution in [3.63, 3.8) is 0 Å². The maximum Gasteiger partial charge on any atom is 0.302 e. The van der Waals surface area contributed by atoms with Gasteiger partial charge in [0.05, 0.1) is 4.47 Å². The van der Waals surface area contributed by atoms with Gasteiger partial charge in [-0.05, 0) is 28.1 Å². The Balaban J connectivity index is 2.68. The van der Waals surface area contributed by atoms with Crippen molar-refractivity contribution in [1.29, 1.82) is 0 Å². The highest BCUT2D eigenvalue weighted by atomic mass is 79.9. The number of fused-ring (bicyclic) bond motifs is 1. The van der Waals surface area contributed by atoms with Crippen LogP contribution in [-0.4, -0.2) is 5.91 Å². The number of benzene rings is 1. The van der Waals surface area contributed by atoms with Crippen molar-refractivity contribution in [1.82, 2.24) is 5.43 Å². The van der Waals surface area contributed by atoms with E-state index >= 15 is 0 Å². The van der Waals surface area contributed by atoms with Crippen LogP contribution in [0.4, 0.5) is 0 Å². The zero-order valence-corrected chi connectivity index (χ0v) is 8.67. The number of amides is 1. The van der Waals surface area contributed by atoms with Gasteiger partial charge in [-0.3, -0.25) is 10.2 Å². The zero-order chi connectivity index (χ0) is 10.1. The monoisotopic (exact) mass is 254 g/mol. The summed E-state index contributed by atoms with van der Waals surface area (Å²) < 4.78 is 5.93. The molecule has 5 heteroatoms. The molecule has 4 nitrogen and oxygen atoms in total. The Bertz CT molecular complexity index is 493. The summed E-state index contributed by atoms with van der Waals surface area (Å²) in [6.07, 6.45) is 0. The molecule has 0 saturated carbocycles. The smallest absolute Gasteiger partial charge is 0.302 e. The van der Waals surface area contributed by atoms with Crippen LogP contribution in [0.1, 0.15) is 10.6 Å². The summed E-state index contributed by atoms with van der Waals surface area (Å²) in [6.45, 7) is 0. The number of hydrogen-bond acceptors (Lipinski definition) is 3. The molecule has 1 aromatic heterocycles. The third-order valence-electron chi connectivity index (χ3n) is 1.87. The van der Waals surface area contributed by atoms with Gasteiger partial charge in [0.25, 0.3) is 0 Å². The van der Waals surface area contributed by atoms with Crippen LogP contribution in [0.3, 0.4) is 0 Å². The SMILES string of the molecule is NNC(=O)c1oc2ccccc2c1Br. The van der Waals surface area contributed by atoms with Gasteiger partial charge in [-0.1, -0.05) is 12.1 Å². The molecule has 0 radical (unpaired) electrons. The van der Waals surface area contributed by atoms with Crippen LogP contribution in [-0.2, 0) is 0 Å². The highest BCUT2D eigenvalue weighted by Crippen LogP contribution is 2.30. The third kappa shape index (κ3) is 1.30. The van der Waals surface area contributed by atoms with Crippen molar-refractivity contribution in [2.24, 2.45) is 5.84 Å². The van der Waals surface area contributed by atoms with Gasteiger partial charge in [0.15, 0.2) is 0 Å². The van der Waals surface area contributed by atoms with Crippen LogP contribution in [0.5, 0.6) is 0 Å². The van der Waals surface area contributed by atoms with Crippen LogP contribution in [0.25, 0.3) is 11.0 Å². The van der Waals surface area contributed by atoms with E-state index in [2.05, 4.69) is 15.9 Å². The normalized spacial score (nSPS) is 10.4. The lowest BCUT2D eigenvalue weighted by molar-refractivity contribution is 0.0927. The molecule has 0 aliphatic rings. The van der Waals surface area contributed by atoms with Crippen molar-refractivity contribution in [3.05, 3.63) is 34.5 Å². The molecular weight excluding hydrogens is 248 g/mol. The van der Waals surface area contributed by atoms with Gasteiger partial charge in [-0.2, -0.15) is 0 Å². The van der Waals surface area contributed by atoms with Crippen molar-refractivity contribution >= 4 is 32.8 Å². The molecule has 0 bridgehead atoms. The maximum atomic E-state index is 11.2. The van der Waals surface area contributed by atoms with E-state index in [1.54, 1.807) is 6.07 Å². The fourth-order valence-corrected chi connectivity index (χ4v) is 1.81. The summed E-state index contributed by atoms with van der Waals surface area (Å²) in [4.78, 5) is 11.2. The average molecular weight is 255 g/mol. The second-order valence-corrected chi connectivity index (χ2v) is 3.51. The van der Waals surface area contributed by atoms with Crippen molar-refractivity contribution in [2.75, 3.05) is 0 Å². The van der Waals surface area contributed by atoms with Crippen molar-refractivity contribution in [3.8, 4) is 0 Å². The number of carbonyl (C=O) groups excluding carboxylic acids is 1. The first-order valence-electron chi connectivity index (χ1n) is 3.92. The molecule has 0 fully saturated rings. The predicted octanol–water partition coefficient (Wildman–Crippen LogP) is 1.80. The Kier molecular flexibility index (Phi) is 2.26. The standard InChI is InChI=1S/C9H7BrN2O2/c10-7-5-3-1-2-4-6(5)14-8(7)9(13)12-11/h1-4H,11H2,(H,12,13). The molecule has 0 unspecified atom stereocenters. The van der Waals surface area contributed by atoms with Crippen molar-refractivity contribution < 1.29 is 9.21 Å². The fraction of sp³-hybridized carbons (Fsp3) is 0. The highest BCUT2D eigenvalue weighted by Gasteiger charge is 2.17. The summed E-state index contributed by atoms with van der Waals surface area (Å²) in [5.41, 5.74) is 2.67. The van der Waals surface area contributed by atoms with E-state index in [9.17, 15) is 4.79 Å². The summed E-state index contributed by atoms with van der Waals surface area (Å²) in [7, 11) is 0. The van der Waals surface area contributed by atoms with E-state index in [-0.39, 0.29) is 5.76 Å². The van der Waals surface area contributed by atoms with Gasteiger partial charge in [-0.25, -0.2) is 5.84 Å². The third-order valence-corrected chi connectivity index (χ3v) is 2.66. The Morgan fingerprint density at radius 1 is 1.43 bits per heavy atom. The molecular formula is C9H7BrN2O2.